The second kappa shape index (κ2) is 7.54. The summed E-state index contributed by atoms with van der Waals surface area (Å²) in [6, 6.07) is 9.66. The maximum atomic E-state index is 10.2. The molecule has 1 saturated heterocycles. The molecule has 1 aliphatic rings. The Morgan fingerprint density at radius 3 is 3.04 bits per heavy atom. The highest BCUT2D eigenvalue weighted by molar-refractivity contribution is 5.62. The summed E-state index contributed by atoms with van der Waals surface area (Å²) in [5.41, 5.74) is 2.55. The van der Waals surface area contributed by atoms with Gasteiger partial charge in [-0.2, -0.15) is 0 Å². The minimum atomic E-state index is -0.369. The van der Waals surface area contributed by atoms with Gasteiger partial charge >= 0.3 is 0 Å². The van der Waals surface area contributed by atoms with Crippen molar-refractivity contribution in [3.63, 3.8) is 0 Å². The Bertz CT molecular complexity index is 924. The normalized spacial score (nSPS) is 20.1. The van der Waals surface area contributed by atoms with Gasteiger partial charge in [0.25, 0.3) is 0 Å². The van der Waals surface area contributed by atoms with Crippen LogP contribution in [0.15, 0.2) is 42.7 Å². The number of piperidine rings is 1. The lowest BCUT2D eigenvalue weighted by Gasteiger charge is -2.29. The van der Waals surface area contributed by atoms with Gasteiger partial charge in [0, 0.05) is 18.8 Å². The number of aliphatic hydroxyl groups excluding tert-OH is 1. The molecule has 2 unspecified atom stereocenters. The maximum absolute atomic E-state index is 10.2. The standard InChI is InChI=1S/C20H25N5O2/c1-13(2)27-14-7-9-25-17(12-22-20(25)10-14)15-4-3-5-19(23-15)24-16-11-21-8-6-18(16)26/h3-5,7,9-10,12-13,16,18,21,26H,6,8,11H2,1-2H3,(H,23,24). The van der Waals surface area contributed by atoms with Crippen molar-refractivity contribution in [2.45, 2.75) is 38.5 Å². The summed E-state index contributed by atoms with van der Waals surface area (Å²) < 4.78 is 7.74. The molecule has 0 radical (unpaired) electrons. The number of aliphatic hydroxyl groups is 1. The van der Waals surface area contributed by atoms with E-state index in [9.17, 15) is 5.11 Å². The van der Waals surface area contributed by atoms with E-state index in [2.05, 4.69) is 15.6 Å². The van der Waals surface area contributed by atoms with Gasteiger partial charge in [0.1, 0.15) is 17.2 Å². The molecule has 27 heavy (non-hydrogen) atoms. The van der Waals surface area contributed by atoms with E-state index in [1.807, 2.05) is 61.0 Å². The number of nitrogens with one attached hydrogen (secondary N) is 2. The van der Waals surface area contributed by atoms with Crippen LogP contribution in [0.5, 0.6) is 5.75 Å². The zero-order valence-corrected chi connectivity index (χ0v) is 15.6. The second-order valence-electron chi connectivity index (χ2n) is 7.12. The van der Waals surface area contributed by atoms with Crippen molar-refractivity contribution in [3.8, 4) is 17.1 Å². The first-order valence-electron chi connectivity index (χ1n) is 9.36. The maximum Gasteiger partial charge on any atom is 0.140 e. The van der Waals surface area contributed by atoms with Gasteiger partial charge in [0.2, 0.25) is 0 Å². The number of hydrogen-bond acceptors (Lipinski definition) is 6. The molecule has 142 valence electrons. The highest BCUT2D eigenvalue weighted by atomic mass is 16.5. The predicted molar refractivity (Wildman–Crippen MR) is 105 cm³/mol. The van der Waals surface area contributed by atoms with Crippen molar-refractivity contribution >= 4 is 11.5 Å². The van der Waals surface area contributed by atoms with Crippen molar-refractivity contribution in [1.29, 1.82) is 0 Å². The Morgan fingerprint density at radius 2 is 2.22 bits per heavy atom. The summed E-state index contributed by atoms with van der Waals surface area (Å²) in [5, 5.41) is 16.8. The minimum absolute atomic E-state index is 0.0422. The average Bonchev–Trinajstić information content (AvgIpc) is 3.07. The number of aromatic nitrogens is 3. The van der Waals surface area contributed by atoms with Gasteiger partial charge in [0.15, 0.2) is 0 Å². The molecule has 0 saturated carbocycles. The molecule has 0 aromatic carbocycles. The summed E-state index contributed by atoms with van der Waals surface area (Å²) >= 11 is 0. The van der Waals surface area contributed by atoms with Crippen molar-refractivity contribution in [3.05, 3.63) is 42.7 Å². The highest BCUT2D eigenvalue weighted by Gasteiger charge is 2.23. The third kappa shape index (κ3) is 3.89. The lowest BCUT2D eigenvalue weighted by atomic mass is 10.0. The molecule has 0 amide bonds. The van der Waals surface area contributed by atoms with Crippen LogP contribution in [0.3, 0.4) is 0 Å². The quantitative estimate of drug-likeness (QED) is 0.642. The van der Waals surface area contributed by atoms with E-state index >= 15 is 0 Å². The number of pyridine rings is 2. The van der Waals surface area contributed by atoms with Crippen molar-refractivity contribution in [2.24, 2.45) is 0 Å². The van der Waals surface area contributed by atoms with Crippen LogP contribution in [-0.2, 0) is 0 Å². The Morgan fingerprint density at radius 1 is 1.33 bits per heavy atom. The molecule has 0 aliphatic carbocycles. The van der Waals surface area contributed by atoms with E-state index in [4.69, 9.17) is 9.72 Å². The number of nitrogens with zero attached hydrogens (tertiary/aromatic N) is 3. The molecule has 4 heterocycles. The first-order valence-corrected chi connectivity index (χ1v) is 9.36. The molecule has 3 aromatic rings. The Hall–Kier alpha value is -2.64. The SMILES string of the molecule is CC(C)Oc1ccn2c(-c3cccc(NC4CNCCC4O)n3)cnc2c1. The molecule has 1 fully saturated rings. The van der Waals surface area contributed by atoms with Gasteiger partial charge in [-0.3, -0.25) is 4.40 Å². The lowest BCUT2D eigenvalue weighted by Crippen LogP contribution is -2.48. The minimum Gasteiger partial charge on any atom is -0.491 e. The fourth-order valence-corrected chi connectivity index (χ4v) is 3.34. The molecule has 0 bridgehead atoms. The largest absolute Gasteiger partial charge is 0.491 e. The molecule has 3 aromatic heterocycles. The van der Waals surface area contributed by atoms with E-state index in [0.29, 0.717) is 0 Å². The fourth-order valence-electron chi connectivity index (χ4n) is 3.34. The zero-order chi connectivity index (χ0) is 18.8. The molecular weight excluding hydrogens is 342 g/mol. The molecule has 4 rings (SSSR count). The molecule has 0 spiro atoms. The molecular formula is C20H25N5O2. The van der Waals surface area contributed by atoms with E-state index < -0.39 is 0 Å². The zero-order valence-electron chi connectivity index (χ0n) is 15.6. The number of fused-ring (bicyclic) bond motifs is 1. The van der Waals surface area contributed by atoms with Crippen molar-refractivity contribution < 1.29 is 9.84 Å². The van der Waals surface area contributed by atoms with Crippen molar-refractivity contribution in [2.75, 3.05) is 18.4 Å². The van der Waals surface area contributed by atoms with Gasteiger partial charge in [-0.1, -0.05) is 6.07 Å². The number of rotatable bonds is 5. The van der Waals surface area contributed by atoms with Crippen molar-refractivity contribution in [1.82, 2.24) is 19.7 Å². The van der Waals surface area contributed by atoms with E-state index in [1.165, 1.54) is 0 Å². The third-order valence-electron chi connectivity index (χ3n) is 4.65. The monoisotopic (exact) mass is 367 g/mol. The molecule has 7 nitrogen and oxygen atoms in total. The van der Waals surface area contributed by atoms with Crippen LogP contribution in [0, 0.1) is 0 Å². The van der Waals surface area contributed by atoms with Crippen LogP contribution in [0.4, 0.5) is 5.82 Å². The first-order chi connectivity index (χ1) is 13.1. The van der Waals surface area contributed by atoms with E-state index in [-0.39, 0.29) is 18.2 Å². The van der Waals surface area contributed by atoms with E-state index in [0.717, 1.165) is 48.1 Å². The Labute approximate surface area is 158 Å². The predicted octanol–water partition coefficient (Wildman–Crippen LogP) is 2.32. The van der Waals surface area contributed by atoms with Gasteiger partial charge in [-0.05, 0) is 45.0 Å². The topological polar surface area (TPSA) is 83.7 Å². The lowest BCUT2D eigenvalue weighted by molar-refractivity contribution is 0.124. The van der Waals surface area contributed by atoms with Gasteiger partial charge < -0.3 is 20.5 Å². The summed E-state index contributed by atoms with van der Waals surface area (Å²) in [5.74, 6) is 1.55. The molecule has 7 heteroatoms. The van der Waals surface area contributed by atoms with Crippen LogP contribution < -0.4 is 15.4 Å². The summed E-state index contributed by atoms with van der Waals surface area (Å²) in [4.78, 5) is 9.22. The fraction of sp³-hybridized carbons (Fsp3) is 0.400. The molecule has 1 aliphatic heterocycles. The number of hydrogen-bond donors (Lipinski definition) is 3. The van der Waals surface area contributed by atoms with E-state index in [1.54, 1.807) is 0 Å². The Kier molecular flexibility index (Phi) is 4.96. The molecule has 2 atom stereocenters. The van der Waals surface area contributed by atoms with Crippen LogP contribution >= 0.6 is 0 Å². The van der Waals surface area contributed by atoms with Gasteiger partial charge in [0.05, 0.1) is 35.8 Å². The number of ether oxygens (including phenoxy) is 1. The molecule has 3 N–H and O–H groups in total. The van der Waals surface area contributed by atoms with Crippen LogP contribution in [0.2, 0.25) is 0 Å². The number of anilines is 1. The van der Waals surface area contributed by atoms with Crippen LogP contribution in [-0.4, -0.2) is 50.8 Å². The van der Waals surface area contributed by atoms with Gasteiger partial charge in [-0.25, -0.2) is 9.97 Å². The second-order valence-corrected chi connectivity index (χ2v) is 7.12. The summed E-state index contributed by atoms with van der Waals surface area (Å²) in [7, 11) is 0. The Balaban J connectivity index is 1.60. The third-order valence-corrected chi connectivity index (χ3v) is 4.65. The van der Waals surface area contributed by atoms with Crippen LogP contribution in [0.1, 0.15) is 20.3 Å². The number of imidazole rings is 1. The highest BCUT2D eigenvalue weighted by Crippen LogP contribution is 2.24. The summed E-state index contributed by atoms with van der Waals surface area (Å²) in [6.45, 7) is 5.57. The smallest absolute Gasteiger partial charge is 0.140 e. The average molecular weight is 367 g/mol. The summed E-state index contributed by atoms with van der Waals surface area (Å²) in [6.07, 6.45) is 4.26. The van der Waals surface area contributed by atoms with Gasteiger partial charge in [-0.15, -0.1) is 0 Å². The van der Waals surface area contributed by atoms with Crippen LogP contribution in [0.25, 0.3) is 17.0 Å². The first kappa shape index (κ1) is 17.8.